The van der Waals surface area contributed by atoms with E-state index in [9.17, 15) is 0 Å². The highest BCUT2D eigenvalue weighted by Crippen LogP contribution is 2.01. The van der Waals surface area contributed by atoms with Crippen LogP contribution < -0.4 is 22.4 Å². The normalized spacial score (nSPS) is 23.0. The number of hydrogen-bond acceptors (Lipinski definition) is 6. The summed E-state index contributed by atoms with van der Waals surface area (Å²) in [6.07, 6.45) is 1.27. The van der Waals surface area contributed by atoms with Gasteiger partial charge in [-0.25, -0.2) is 10.8 Å². The lowest BCUT2D eigenvalue weighted by Crippen LogP contribution is -2.37. The second-order valence-electron chi connectivity index (χ2n) is 2.23. The standard InChI is InChI=1S/C5H11N7/c1-3-2-4(10-6)9-5(8-3)11-12-7/h2,5,8H,6H2,1H3,(H2,7,11)(H,9,10). The Morgan fingerprint density at radius 3 is 3.08 bits per heavy atom. The van der Waals surface area contributed by atoms with Crippen LogP contribution in [0, 0.1) is 0 Å². The number of nitrogens with two attached hydrogens (primary N) is 2. The number of hydrazine groups is 1. The van der Waals surface area contributed by atoms with Gasteiger partial charge in [-0.05, 0) is 6.92 Å². The summed E-state index contributed by atoms with van der Waals surface area (Å²) in [5.41, 5.74) is 3.31. The minimum absolute atomic E-state index is 0.481. The Labute approximate surface area is 69.6 Å². The van der Waals surface area contributed by atoms with E-state index in [4.69, 9.17) is 11.7 Å². The average molecular weight is 169 g/mol. The molecule has 0 aromatic heterocycles. The first-order valence-corrected chi connectivity index (χ1v) is 3.35. The van der Waals surface area contributed by atoms with Gasteiger partial charge in [-0.15, -0.1) is 5.11 Å². The van der Waals surface area contributed by atoms with Crippen LogP contribution in [0.4, 0.5) is 0 Å². The zero-order valence-electron chi connectivity index (χ0n) is 6.65. The Bertz CT molecular complexity index is 240. The summed E-state index contributed by atoms with van der Waals surface area (Å²) in [4.78, 5) is 3.99. The minimum atomic E-state index is -0.481. The fourth-order valence-corrected chi connectivity index (χ4v) is 0.848. The second kappa shape index (κ2) is 3.67. The summed E-state index contributed by atoms with van der Waals surface area (Å²) < 4.78 is 0. The number of nitrogens with one attached hydrogen (secondary N) is 2. The Hall–Kier alpha value is -1.63. The van der Waals surface area contributed by atoms with Crippen molar-refractivity contribution in [2.24, 2.45) is 27.0 Å². The van der Waals surface area contributed by atoms with Gasteiger partial charge in [-0.1, -0.05) is 5.22 Å². The fraction of sp³-hybridized carbons (Fsp3) is 0.400. The van der Waals surface area contributed by atoms with Crippen molar-refractivity contribution in [1.29, 1.82) is 0 Å². The predicted octanol–water partition coefficient (Wildman–Crippen LogP) is -1.04. The van der Waals surface area contributed by atoms with E-state index in [0.29, 0.717) is 5.84 Å². The summed E-state index contributed by atoms with van der Waals surface area (Å²) in [6.45, 7) is 1.87. The highest BCUT2D eigenvalue weighted by atomic mass is 15.4. The van der Waals surface area contributed by atoms with Crippen molar-refractivity contribution >= 4 is 5.84 Å². The second-order valence-corrected chi connectivity index (χ2v) is 2.23. The van der Waals surface area contributed by atoms with Crippen molar-refractivity contribution < 1.29 is 0 Å². The summed E-state index contributed by atoms with van der Waals surface area (Å²) in [5.74, 6) is 10.6. The third-order valence-corrected chi connectivity index (χ3v) is 1.30. The molecule has 0 saturated heterocycles. The summed E-state index contributed by atoms with van der Waals surface area (Å²) in [6, 6.07) is 0. The highest BCUT2D eigenvalue weighted by molar-refractivity contribution is 5.93. The number of aliphatic imine (C=N–C) groups is 1. The van der Waals surface area contributed by atoms with Gasteiger partial charge in [0.25, 0.3) is 0 Å². The van der Waals surface area contributed by atoms with Crippen LogP contribution in [-0.4, -0.2) is 12.1 Å². The Kier molecular flexibility index (Phi) is 2.59. The van der Waals surface area contributed by atoms with Crippen LogP contribution in [-0.2, 0) is 0 Å². The number of hydrogen-bond donors (Lipinski definition) is 4. The van der Waals surface area contributed by atoms with E-state index in [1.54, 1.807) is 6.08 Å². The summed E-state index contributed by atoms with van der Waals surface area (Å²) in [5, 5.41) is 9.64. The molecule has 66 valence electrons. The van der Waals surface area contributed by atoms with Crippen molar-refractivity contribution in [3.8, 4) is 0 Å². The van der Waals surface area contributed by atoms with Crippen LogP contribution in [0.3, 0.4) is 0 Å². The molecule has 6 N–H and O–H groups in total. The molecule has 1 unspecified atom stereocenters. The van der Waals surface area contributed by atoms with E-state index in [-0.39, 0.29) is 0 Å². The molecule has 7 heteroatoms. The van der Waals surface area contributed by atoms with Crippen molar-refractivity contribution in [3.05, 3.63) is 11.8 Å². The molecule has 1 aliphatic heterocycles. The van der Waals surface area contributed by atoms with Gasteiger partial charge < -0.3 is 16.6 Å². The van der Waals surface area contributed by atoms with Crippen molar-refractivity contribution in [2.75, 3.05) is 0 Å². The molecule has 1 heterocycles. The first kappa shape index (κ1) is 8.47. The van der Waals surface area contributed by atoms with Crippen LogP contribution in [0.5, 0.6) is 0 Å². The van der Waals surface area contributed by atoms with Gasteiger partial charge in [0.05, 0.1) is 0 Å². The first-order chi connectivity index (χ1) is 5.76. The molecular weight excluding hydrogens is 158 g/mol. The molecule has 0 spiro atoms. The van der Waals surface area contributed by atoms with Crippen LogP contribution in [0.2, 0.25) is 0 Å². The Morgan fingerprint density at radius 1 is 1.75 bits per heavy atom. The molecule has 0 saturated carbocycles. The van der Waals surface area contributed by atoms with Crippen molar-refractivity contribution in [3.63, 3.8) is 0 Å². The summed E-state index contributed by atoms with van der Waals surface area (Å²) >= 11 is 0. The molecule has 1 rings (SSSR count). The Balaban J connectivity index is 2.73. The topological polar surface area (TPSA) is 113 Å². The minimum Gasteiger partial charge on any atom is -0.348 e. The van der Waals surface area contributed by atoms with Gasteiger partial charge in [0.15, 0.2) is 0 Å². The van der Waals surface area contributed by atoms with Gasteiger partial charge in [-0.3, -0.25) is 0 Å². The molecule has 0 amide bonds. The lowest BCUT2D eigenvalue weighted by atomic mass is 10.3. The highest BCUT2D eigenvalue weighted by Gasteiger charge is 2.10. The predicted molar refractivity (Wildman–Crippen MR) is 44.5 cm³/mol. The zero-order valence-corrected chi connectivity index (χ0v) is 6.65. The number of amidine groups is 1. The van der Waals surface area contributed by atoms with E-state index in [1.165, 1.54) is 0 Å². The molecule has 0 radical (unpaired) electrons. The maximum absolute atomic E-state index is 5.17. The first-order valence-electron chi connectivity index (χ1n) is 3.35. The van der Waals surface area contributed by atoms with Gasteiger partial charge in [-0.2, -0.15) is 0 Å². The number of allylic oxidation sites excluding steroid dienone is 1. The third-order valence-electron chi connectivity index (χ3n) is 1.30. The third kappa shape index (κ3) is 1.92. The lowest BCUT2D eigenvalue weighted by molar-refractivity contribution is 0.571. The Morgan fingerprint density at radius 2 is 2.50 bits per heavy atom. The van der Waals surface area contributed by atoms with Crippen molar-refractivity contribution in [1.82, 2.24) is 10.7 Å². The van der Waals surface area contributed by atoms with Gasteiger partial charge >= 0.3 is 0 Å². The maximum atomic E-state index is 5.17. The quantitative estimate of drug-likeness (QED) is 0.228. The van der Waals surface area contributed by atoms with Crippen LogP contribution >= 0.6 is 0 Å². The molecule has 1 atom stereocenters. The zero-order chi connectivity index (χ0) is 8.97. The SMILES string of the molecule is CC1=CC(NN)=NC(N=NN)N1. The average Bonchev–Trinajstić information content (AvgIpc) is 2.04. The molecule has 1 aliphatic rings. The fourth-order valence-electron chi connectivity index (χ4n) is 0.848. The van der Waals surface area contributed by atoms with Crippen LogP contribution in [0.15, 0.2) is 27.1 Å². The van der Waals surface area contributed by atoms with E-state index in [1.807, 2.05) is 6.92 Å². The molecule has 0 bridgehead atoms. The van der Waals surface area contributed by atoms with Crippen molar-refractivity contribution in [2.45, 2.75) is 13.2 Å². The van der Waals surface area contributed by atoms with E-state index in [0.717, 1.165) is 5.70 Å². The van der Waals surface area contributed by atoms with E-state index < -0.39 is 6.29 Å². The molecule has 7 nitrogen and oxygen atoms in total. The lowest BCUT2D eigenvalue weighted by Gasteiger charge is -2.16. The molecule has 12 heavy (non-hydrogen) atoms. The number of rotatable bonds is 1. The molecule has 0 fully saturated rings. The molecule has 0 aromatic rings. The van der Waals surface area contributed by atoms with Gasteiger partial charge in [0.2, 0.25) is 6.29 Å². The summed E-state index contributed by atoms with van der Waals surface area (Å²) in [7, 11) is 0. The van der Waals surface area contributed by atoms with Gasteiger partial charge in [0.1, 0.15) is 5.84 Å². The van der Waals surface area contributed by atoms with Crippen LogP contribution in [0.25, 0.3) is 0 Å². The van der Waals surface area contributed by atoms with Crippen LogP contribution in [0.1, 0.15) is 6.92 Å². The molecule has 0 aromatic carbocycles. The smallest absolute Gasteiger partial charge is 0.237 e. The van der Waals surface area contributed by atoms with Gasteiger partial charge in [0, 0.05) is 11.8 Å². The number of nitrogens with zero attached hydrogens (tertiary/aromatic N) is 3. The maximum Gasteiger partial charge on any atom is 0.237 e. The largest absolute Gasteiger partial charge is 0.348 e. The van der Waals surface area contributed by atoms with E-state index in [2.05, 4.69) is 26.1 Å². The molecule has 0 aliphatic carbocycles. The monoisotopic (exact) mass is 169 g/mol. The van der Waals surface area contributed by atoms with E-state index >= 15 is 0 Å². The molecular formula is C5H11N7.